The highest BCUT2D eigenvalue weighted by Crippen LogP contribution is 2.25. The molecule has 2 aromatic carbocycles. The number of carboxylic acids is 2. The van der Waals surface area contributed by atoms with Gasteiger partial charge < -0.3 is 20.3 Å². The molecular weight excluding hydrogens is 394 g/mol. The van der Waals surface area contributed by atoms with Crippen molar-refractivity contribution in [2.75, 3.05) is 13.1 Å². The first-order valence-electron chi connectivity index (χ1n) is 9.27. The van der Waals surface area contributed by atoms with Gasteiger partial charge in [0.05, 0.1) is 0 Å². The van der Waals surface area contributed by atoms with E-state index in [1.165, 1.54) is 11.1 Å². The maximum absolute atomic E-state index is 9.55. The molecule has 7 heteroatoms. The van der Waals surface area contributed by atoms with E-state index in [4.69, 9.17) is 26.6 Å². The summed E-state index contributed by atoms with van der Waals surface area (Å²) in [5.41, 5.74) is 2.49. The number of aliphatic carboxylic acids is 2. The Morgan fingerprint density at radius 2 is 1.59 bits per heavy atom. The average Bonchev–Trinajstić information content (AvgIpc) is 2.71. The van der Waals surface area contributed by atoms with Gasteiger partial charge in [-0.05, 0) is 55.3 Å². The van der Waals surface area contributed by atoms with E-state index in [1.54, 1.807) is 0 Å². The number of carbonyl (C=O) groups is 2. The molecular formula is C22H24ClNO5. The Labute approximate surface area is 174 Å². The minimum absolute atomic E-state index is 0.331. The summed E-state index contributed by atoms with van der Waals surface area (Å²) in [4.78, 5) is 19.1. The Morgan fingerprint density at radius 3 is 2.17 bits per heavy atom. The van der Waals surface area contributed by atoms with Gasteiger partial charge in [-0.2, -0.15) is 0 Å². The fourth-order valence-electron chi connectivity index (χ4n) is 2.82. The van der Waals surface area contributed by atoms with Crippen molar-refractivity contribution in [3.8, 4) is 5.75 Å². The molecule has 29 heavy (non-hydrogen) atoms. The lowest BCUT2D eigenvalue weighted by molar-refractivity contribution is -0.134. The number of benzene rings is 2. The number of nitrogens with one attached hydrogen (secondary N) is 1. The monoisotopic (exact) mass is 417 g/mol. The number of para-hydroxylation sites is 1. The predicted octanol–water partition coefficient (Wildman–Crippen LogP) is 3.77. The number of piperidine rings is 1. The van der Waals surface area contributed by atoms with E-state index in [0.29, 0.717) is 18.3 Å². The molecule has 3 rings (SSSR count). The highest BCUT2D eigenvalue weighted by atomic mass is 35.5. The van der Waals surface area contributed by atoms with Crippen LogP contribution in [0.25, 0.3) is 0 Å². The average molecular weight is 418 g/mol. The molecule has 2 aromatic rings. The first kappa shape index (κ1) is 22.5. The quantitative estimate of drug-likeness (QED) is 0.619. The molecule has 0 aromatic heterocycles. The van der Waals surface area contributed by atoms with Crippen LogP contribution in [-0.4, -0.2) is 41.3 Å². The van der Waals surface area contributed by atoms with Crippen LogP contribution in [0.2, 0.25) is 5.02 Å². The van der Waals surface area contributed by atoms with Crippen molar-refractivity contribution in [3.63, 3.8) is 0 Å². The Kier molecular flexibility index (Phi) is 9.21. The number of ether oxygens (including phenoxy) is 1. The first-order chi connectivity index (χ1) is 13.9. The third-order valence-electron chi connectivity index (χ3n) is 4.23. The molecule has 1 heterocycles. The van der Waals surface area contributed by atoms with E-state index in [9.17, 15) is 9.59 Å². The number of halogens is 1. The number of carboxylic acid groups (broad SMARTS) is 2. The van der Waals surface area contributed by atoms with E-state index >= 15 is 0 Å². The van der Waals surface area contributed by atoms with Crippen molar-refractivity contribution in [1.29, 1.82) is 0 Å². The SMILES string of the molecule is Clc1ccc(Cc2ccccc2OC2CCNCC2)cc1.O=C(O)/C=C/C(=O)O. The summed E-state index contributed by atoms with van der Waals surface area (Å²) in [7, 11) is 0. The molecule has 6 nitrogen and oxygen atoms in total. The van der Waals surface area contributed by atoms with Gasteiger partial charge in [0.2, 0.25) is 0 Å². The molecule has 0 amide bonds. The Hall–Kier alpha value is -2.83. The van der Waals surface area contributed by atoms with Gasteiger partial charge in [0.15, 0.2) is 0 Å². The molecule has 0 saturated carbocycles. The van der Waals surface area contributed by atoms with Gasteiger partial charge in [0.1, 0.15) is 11.9 Å². The van der Waals surface area contributed by atoms with Gasteiger partial charge in [-0.25, -0.2) is 9.59 Å². The van der Waals surface area contributed by atoms with Crippen molar-refractivity contribution < 1.29 is 24.5 Å². The van der Waals surface area contributed by atoms with Crippen molar-refractivity contribution in [2.45, 2.75) is 25.4 Å². The second-order valence-corrected chi connectivity index (χ2v) is 6.92. The number of hydrogen-bond acceptors (Lipinski definition) is 4. The third kappa shape index (κ3) is 8.81. The number of hydrogen-bond donors (Lipinski definition) is 3. The first-order valence-corrected chi connectivity index (χ1v) is 9.65. The largest absolute Gasteiger partial charge is 0.490 e. The van der Waals surface area contributed by atoms with Crippen LogP contribution in [0.1, 0.15) is 24.0 Å². The molecule has 0 radical (unpaired) electrons. The van der Waals surface area contributed by atoms with E-state index in [0.717, 1.165) is 43.1 Å². The Balaban J connectivity index is 0.000000321. The molecule has 3 N–H and O–H groups in total. The van der Waals surface area contributed by atoms with Gasteiger partial charge in [-0.15, -0.1) is 0 Å². The summed E-state index contributed by atoms with van der Waals surface area (Å²) in [6.45, 7) is 2.09. The second-order valence-electron chi connectivity index (χ2n) is 6.49. The molecule has 1 aliphatic heterocycles. The van der Waals surface area contributed by atoms with E-state index in [1.807, 2.05) is 18.2 Å². The zero-order valence-electron chi connectivity index (χ0n) is 15.9. The zero-order chi connectivity index (χ0) is 21.1. The van der Waals surface area contributed by atoms with Crippen molar-refractivity contribution >= 4 is 23.5 Å². The lowest BCUT2D eigenvalue weighted by atomic mass is 10.0. The van der Waals surface area contributed by atoms with E-state index < -0.39 is 11.9 Å². The second kappa shape index (κ2) is 11.9. The highest BCUT2D eigenvalue weighted by Gasteiger charge is 2.16. The van der Waals surface area contributed by atoms with Crippen LogP contribution in [0.4, 0.5) is 0 Å². The molecule has 154 valence electrons. The zero-order valence-corrected chi connectivity index (χ0v) is 16.6. The maximum atomic E-state index is 9.55. The summed E-state index contributed by atoms with van der Waals surface area (Å²) in [6.07, 6.45) is 4.48. The van der Waals surface area contributed by atoms with Crippen LogP contribution < -0.4 is 10.1 Å². The molecule has 0 atom stereocenters. The highest BCUT2D eigenvalue weighted by molar-refractivity contribution is 6.30. The molecule has 1 saturated heterocycles. The topological polar surface area (TPSA) is 95.9 Å². The summed E-state index contributed by atoms with van der Waals surface area (Å²) in [5.74, 6) is -1.50. The van der Waals surface area contributed by atoms with Crippen molar-refractivity contribution in [2.24, 2.45) is 0 Å². The molecule has 0 bridgehead atoms. The van der Waals surface area contributed by atoms with Crippen molar-refractivity contribution in [3.05, 3.63) is 76.8 Å². The summed E-state index contributed by atoms with van der Waals surface area (Å²) < 4.78 is 6.22. The van der Waals surface area contributed by atoms with Gasteiger partial charge in [0, 0.05) is 23.6 Å². The van der Waals surface area contributed by atoms with Crippen LogP contribution in [0.3, 0.4) is 0 Å². The van der Waals surface area contributed by atoms with Crippen LogP contribution in [0, 0.1) is 0 Å². The minimum Gasteiger partial charge on any atom is -0.490 e. The number of rotatable bonds is 6. The Bertz CT molecular complexity index is 813. The van der Waals surface area contributed by atoms with Crippen LogP contribution >= 0.6 is 11.6 Å². The standard InChI is InChI=1S/C18H20ClNO.C4H4O4/c19-16-7-5-14(6-8-16)13-15-3-1-2-4-18(15)21-17-9-11-20-12-10-17;5-3(6)1-2-4(7)8/h1-8,17,20H,9-13H2;1-2H,(H,5,6)(H,7,8)/b;2-1+. The Morgan fingerprint density at radius 1 is 1.00 bits per heavy atom. The third-order valence-corrected chi connectivity index (χ3v) is 4.48. The van der Waals surface area contributed by atoms with Crippen LogP contribution in [0.5, 0.6) is 5.75 Å². The van der Waals surface area contributed by atoms with Gasteiger partial charge in [0.25, 0.3) is 0 Å². The molecule has 0 spiro atoms. The lowest BCUT2D eigenvalue weighted by Crippen LogP contribution is -2.34. The summed E-state index contributed by atoms with van der Waals surface area (Å²) in [6, 6.07) is 16.4. The van der Waals surface area contributed by atoms with E-state index in [2.05, 4.69) is 35.6 Å². The van der Waals surface area contributed by atoms with Gasteiger partial charge in [-0.3, -0.25) is 0 Å². The molecule has 0 aliphatic carbocycles. The fourth-order valence-corrected chi connectivity index (χ4v) is 2.95. The van der Waals surface area contributed by atoms with Gasteiger partial charge >= 0.3 is 11.9 Å². The minimum atomic E-state index is -1.26. The lowest BCUT2D eigenvalue weighted by Gasteiger charge is -2.25. The molecule has 1 fully saturated rings. The maximum Gasteiger partial charge on any atom is 0.328 e. The fraction of sp³-hybridized carbons (Fsp3) is 0.273. The summed E-state index contributed by atoms with van der Waals surface area (Å²) in [5, 5.41) is 19.8. The normalized spacial score (nSPS) is 14.1. The van der Waals surface area contributed by atoms with Crippen LogP contribution in [0.15, 0.2) is 60.7 Å². The van der Waals surface area contributed by atoms with Crippen LogP contribution in [-0.2, 0) is 16.0 Å². The smallest absolute Gasteiger partial charge is 0.328 e. The predicted molar refractivity (Wildman–Crippen MR) is 112 cm³/mol. The van der Waals surface area contributed by atoms with E-state index in [-0.39, 0.29) is 0 Å². The molecule has 0 unspecified atom stereocenters. The molecule has 1 aliphatic rings. The van der Waals surface area contributed by atoms with Crippen molar-refractivity contribution in [1.82, 2.24) is 5.32 Å². The summed E-state index contributed by atoms with van der Waals surface area (Å²) >= 11 is 5.94. The van der Waals surface area contributed by atoms with Gasteiger partial charge in [-0.1, -0.05) is 41.9 Å².